The minimum Gasteiger partial charge on any atom is -0.322 e. The molecule has 0 amide bonds. The number of hydrogen-bond donors (Lipinski definition) is 6. The normalized spacial score (nSPS) is 6.91. The number of hydrogen-bond acceptors (Lipinski definition) is 10. The summed E-state index contributed by atoms with van der Waals surface area (Å²) < 4.78 is 0. The van der Waals surface area contributed by atoms with E-state index in [1.165, 1.54) is 0 Å². The Balaban J connectivity index is -0.0000000951. The van der Waals surface area contributed by atoms with Gasteiger partial charge in [0.2, 0.25) is 12.2 Å². The van der Waals surface area contributed by atoms with Gasteiger partial charge in [0.15, 0.2) is 12.7 Å². The lowest BCUT2D eigenvalue weighted by Gasteiger charge is -1.69. The summed E-state index contributed by atoms with van der Waals surface area (Å²) in [6.45, 7) is 0. The molecule has 1 rings (SSSR count). The molecule has 8 N–H and O–H groups in total. The zero-order valence-electron chi connectivity index (χ0n) is 11.4. The molecule has 0 saturated heterocycles. The van der Waals surface area contributed by atoms with Gasteiger partial charge in [-0.15, -0.1) is 10.2 Å². The Morgan fingerprint density at radius 2 is 0.909 bits per heavy atom. The van der Waals surface area contributed by atoms with Crippen molar-refractivity contribution >= 4 is 24.8 Å². The number of isocyanates is 2. The van der Waals surface area contributed by atoms with Gasteiger partial charge in [-0.2, -0.15) is 10.2 Å². The maximum Gasteiger partial charge on any atom is 0.231 e. The van der Waals surface area contributed by atoms with Crippen molar-refractivity contribution in [3.63, 3.8) is 0 Å². The van der Waals surface area contributed by atoms with Gasteiger partial charge in [0.25, 0.3) is 0 Å². The van der Waals surface area contributed by atoms with Crippen LogP contribution >= 0.6 is 0 Å². The summed E-state index contributed by atoms with van der Waals surface area (Å²) in [6.07, 6.45) is 3.39. The lowest BCUT2D eigenvalue weighted by atomic mass is 10.4. The fraction of sp³-hybridized carbons (Fsp3) is 0. The maximum atomic E-state index is 8.35. The summed E-state index contributed by atoms with van der Waals surface area (Å²) in [7, 11) is 0. The molecule has 0 aliphatic heterocycles. The molecular formula is C10H16N10O2. The summed E-state index contributed by atoms with van der Waals surface area (Å²) >= 11 is 0. The van der Waals surface area contributed by atoms with Crippen molar-refractivity contribution in [2.24, 2.45) is 32.1 Å². The molecule has 0 aliphatic carbocycles. The quantitative estimate of drug-likeness (QED) is 0.118. The molecule has 0 aliphatic rings. The number of hydrazone groups is 2. The van der Waals surface area contributed by atoms with Gasteiger partial charge < -0.3 is 11.7 Å². The molecule has 1 aromatic carbocycles. The Bertz CT molecular complexity index is 393. The van der Waals surface area contributed by atoms with Crippen molar-refractivity contribution < 1.29 is 9.59 Å². The van der Waals surface area contributed by atoms with Gasteiger partial charge in [-0.1, -0.05) is 36.4 Å². The van der Waals surface area contributed by atoms with E-state index in [2.05, 4.69) is 32.1 Å². The average molecular weight is 308 g/mol. The zero-order chi connectivity index (χ0) is 17.9. The van der Waals surface area contributed by atoms with E-state index in [1.807, 2.05) is 36.4 Å². The summed E-state index contributed by atoms with van der Waals surface area (Å²) in [5, 5.41) is 21.9. The number of nitrogens with zero attached hydrogens (tertiary/aromatic N) is 4. The Morgan fingerprint density at radius 1 is 0.727 bits per heavy atom. The van der Waals surface area contributed by atoms with E-state index in [1.54, 1.807) is 0 Å². The number of carbonyl (C=O) groups excluding carboxylic acids is 2. The van der Waals surface area contributed by atoms with Crippen LogP contribution in [0.15, 0.2) is 56.8 Å². The molecule has 0 atom stereocenters. The second-order valence-corrected chi connectivity index (χ2v) is 2.15. The molecule has 0 fully saturated rings. The first-order valence-corrected chi connectivity index (χ1v) is 4.90. The molecule has 0 bridgehead atoms. The second kappa shape index (κ2) is 43.4. The standard InChI is InChI=1S/C6H6.2CH4N4.2CHNO/c1-2-4-6-5-3-1;2*2-4-1-5-3;2*2-1-3/h1-6H;2*1-2H,3H2;2*2H. The van der Waals surface area contributed by atoms with Gasteiger partial charge in [-0.05, 0) is 0 Å². The largest absolute Gasteiger partial charge is 0.322 e. The van der Waals surface area contributed by atoms with E-state index < -0.39 is 0 Å². The van der Waals surface area contributed by atoms with Crippen LogP contribution in [0.25, 0.3) is 0 Å². The lowest BCUT2D eigenvalue weighted by Crippen LogP contribution is -1.75. The predicted octanol–water partition coefficient (Wildman–Crippen LogP) is 1.33. The minimum absolute atomic E-state index is 0.750. The van der Waals surface area contributed by atoms with Crippen LogP contribution in [0.1, 0.15) is 0 Å². The summed E-state index contributed by atoms with van der Waals surface area (Å²) in [4.78, 5) is 16.7. The number of nitrogens with one attached hydrogen (secondary N) is 4. The Morgan fingerprint density at radius 3 is 0.955 bits per heavy atom. The van der Waals surface area contributed by atoms with Crippen LogP contribution in [-0.4, -0.2) is 24.8 Å². The number of benzene rings is 1. The molecular weight excluding hydrogens is 292 g/mol. The summed E-state index contributed by atoms with van der Waals surface area (Å²) in [6, 6.07) is 12.0. The van der Waals surface area contributed by atoms with Crippen molar-refractivity contribution in [1.82, 2.24) is 0 Å². The lowest BCUT2D eigenvalue weighted by molar-refractivity contribution is 0.562. The van der Waals surface area contributed by atoms with Gasteiger partial charge in [0, 0.05) is 0 Å². The first-order valence-electron chi connectivity index (χ1n) is 4.90. The van der Waals surface area contributed by atoms with Crippen LogP contribution in [0.4, 0.5) is 0 Å². The van der Waals surface area contributed by atoms with Crippen molar-refractivity contribution in [3.05, 3.63) is 36.4 Å². The highest BCUT2D eigenvalue weighted by molar-refractivity contribution is 5.53. The Kier molecular flexibility index (Phi) is 52.6. The monoisotopic (exact) mass is 308 g/mol. The van der Waals surface area contributed by atoms with Crippen LogP contribution in [0.3, 0.4) is 0 Å². The second-order valence-electron chi connectivity index (χ2n) is 2.15. The molecule has 12 heteroatoms. The van der Waals surface area contributed by atoms with Gasteiger partial charge in [0.05, 0.1) is 0 Å². The molecule has 0 radical (unpaired) electrons. The first-order chi connectivity index (χ1) is 10.7. The van der Waals surface area contributed by atoms with E-state index in [0.717, 1.165) is 24.8 Å². The van der Waals surface area contributed by atoms with E-state index in [4.69, 9.17) is 31.5 Å². The van der Waals surface area contributed by atoms with E-state index in [9.17, 15) is 0 Å². The van der Waals surface area contributed by atoms with Gasteiger partial charge in [-0.3, -0.25) is 0 Å². The fourth-order valence-electron chi connectivity index (χ4n) is 0.452. The van der Waals surface area contributed by atoms with Crippen molar-refractivity contribution in [3.8, 4) is 0 Å². The fourth-order valence-corrected chi connectivity index (χ4v) is 0.452. The topological polar surface area (TPSA) is 231 Å². The highest BCUT2D eigenvalue weighted by atomic mass is 16.1. The van der Waals surface area contributed by atoms with Crippen LogP contribution in [-0.2, 0) is 9.59 Å². The van der Waals surface area contributed by atoms with Crippen molar-refractivity contribution in [2.75, 3.05) is 0 Å². The van der Waals surface area contributed by atoms with Crippen molar-refractivity contribution in [2.45, 2.75) is 0 Å². The highest BCUT2D eigenvalue weighted by Crippen LogP contribution is 1.79. The maximum absolute atomic E-state index is 8.35. The van der Waals surface area contributed by atoms with E-state index >= 15 is 0 Å². The van der Waals surface area contributed by atoms with Gasteiger partial charge in [0.1, 0.15) is 0 Å². The van der Waals surface area contributed by atoms with E-state index in [-0.39, 0.29) is 0 Å². The van der Waals surface area contributed by atoms with Crippen LogP contribution in [0.5, 0.6) is 0 Å². The molecule has 1 aromatic rings. The third-order valence-electron chi connectivity index (χ3n) is 0.915. The number of nitrogens with two attached hydrogens (primary N) is 2. The van der Waals surface area contributed by atoms with Gasteiger partial charge in [-0.25, -0.2) is 31.5 Å². The average Bonchev–Trinajstić information content (AvgIpc) is 2.53. The molecule has 118 valence electrons. The molecule has 0 spiro atoms. The number of rotatable bonds is 2. The molecule has 0 aromatic heterocycles. The first kappa shape index (κ1) is 26.6. The molecule has 0 saturated carbocycles. The van der Waals surface area contributed by atoms with Crippen LogP contribution < -0.4 is 11.7 Å². The summed E-state index contributed by atoms with van der Waals surface area (Å²) in [5.74, 6) is 8.99. The predicted molar refractivity (Wildman–Crippen MR) is 78.9 cm³/mol. The minimum atomic E-state index is 0.750. The SMILES string of the molecule is N=C=O.N=C=O.N=NC=NN.N=NC=NN.c1ccccc1. The van der Waals surface area contributed by atoms with E-state index in [0.29, 0.717) is 0 Å². The molecule has 0 unspecified atom stereocenters. The Labute approximate surface area is 125 Å². The van der Waals surface area contributed by atoms with Crippen LogP contribution in [0.2, 0.25) is 0 Å². The molecule has 12 nitrogen and oxygen atoms in total. The zero-order valence-corrected chi connectivity index (χ0v) is 11.4. The highest BCUT2D eigenvalue weighted by Gasteiger charge is 1.57. The Hall–Kier alpha value is -3.88. The molecule has 0 heterocycles. The van der Waals surface area contributed by atoms with Crippen molar-refractivity contribution in [1.29, 1.82) is 21.9 Å². The summed E-state index contributed by atoms with van der Waals surface area (Å²) in [5.41, 5.74) is 12.0. The van der Waals surface area contributed by atoms with Gasteiger partial charge >= 0.3 is 0 Å². The third-order valence-corrected chi connectivity index (χ3v) is 0.915. The van der Waals surface area contributed by atoms with Crippen LogP contribution in [0, 0.1) is 21.9 Å². The smallest absolute Gasteiger partial charge is 0.231 e. The molecule has 22 heavy (non-hydrogen) atoms. The third kappa shape index (κ3) is 98.4.